The maximum atomic E-state index is 6.19. The Bertz CT molecular complexity index is 531. The van der Waals surface area contributed by atoms with Crippen LogP contribution in [0, 0.1) is 0 Å². The molecule has 2 saturated heterocycles. The van der Waals surface area contributed by atoms with E-state index in [1.54, 1.807) is 0 Å². The van der Waals surface area contributed by atoms with Crippen LogP contribution in [0.15, 0.2) is 29.3 Å². The minimum atomic E-state index is 0.697. The zero-order valence-electron chi connectivity index (χ0n) is 14.3. The number of aliphatic imine (C=N–C) groups is 1. The number of piperazine rings is 1. The van der Waals surface area contributed by atoms with E-state index in [-0.39, 0.29) is 0 Å². The number of guanidine groups is 1. The van der Waals surface area contributed by atoms with Gasteiger partial charge in [0.05, 0.1) is 6.54 Å². The molecule has 132 valence electrons. The van der Waals surface area contributed by atoms with E-state index in [9.17, 15) is 0 Å². The maximum absolute atomic E-state index is 6.19. The SMILES string of the molecule is NC(=NCCN1CCCCC1)N1CCN(c2ccc(Cl)cc2)CC1. The van der Waals surface area contributed by atoms with E-state index in [2.05, 4.69) is 31.8 Å². The van der Waals surface area contributed by atoms with Gasteiger partial charge in [0, 0.05) is 43.4 Å². The van der Waals surface area contributed by atoms with Crippen molar-refractivity contribution in [3.63, 3.8) is 0 Å². The molecule has 1 aromatic rings. The van der Waals surface area contributed by atoms with Crippen molar-refractivity contribution in [3.8, 4) is 0 Å². The molecule has 2 N–H and O–H groups in total. The summed E-state index contributed by atoms with van der Waals surface area (Å²) in [6.07, 6.45) is 4.03. The van der Waals surface area contributed by atoms with Crippen molar-refractivity contribution in [1.29, 1.82) is 0 Å². The fourth-order valence-corrected chi connectivity index (χ4v) is 3.56. The summed E-state index contributed by atoms with van der Waals surface area (Å²) in [5.74, 6) is 0.697. The summed E-state index contributed by atoms with van der Waals surface area (Å²) in [6.45, 7) is 8.04. The highest BCUT2D eigenvalue weighted by Crippen LogP contribution is 2.19. The van der Waals surface area contributed by atoms with E-state index in [4.69, 9.17) is 17.3 Å². The molecule has 0 atom stereocenters. The van der Waals surface area contributed by atoms with Gasteiger partial charge in [0.25, 0.3) is 0 Å². The van der Waals surface area contributed by atoms with Crippen LogP contribution in [0.5, 0.6) is 0 Å². The lowest BCUT2D eigenvalue weighted by Crippen LogP contribution is -2.51. The number of halogens is 1. The third kappa shape index (κ3) is 4.77. The smallest absolute Gasteiger partial charge is 0.191 e. The van der Waals surface area contributed by atoms with E-state index in [1.165, 1.54) is 38.0 Å². The Kier molecular flexibility index (Phi) is 6.21. The van der Waals surface area contributed by atoms with E-state index >= 15 is 0 Å². The highest BCUT2D eigenvalue weighted by molar-refractivity contribution is 6.30. The fraction of sp³-hybridized carbons (Fsp3) is 0.611. The number of piperidine rings is 1. The van der Waals surface area contributed by atoms with Gasteiger partial charge in [-0.05, 0) is 50.2 Å². The van der Waals surface area contributed by atoms with Crippen LogP contribution in [0.4, 0.5) is 5.69 Å². The Morgan fingerprint density at radius 1 is 0.958 bits per heavy atom. The van der Waals surface area contributed by atoms with E-state index in [1.807, 2.05) is 12.1 Å². The van der Waals surface area contributed by atoms with Gasteiger partial charge in [0.15, 0.2) is 5.96 Å². The standard InChI is InChI=1S/C18H28ClN5/c19-16-4-6-17(7-5-16)23-12-14-24(15-13-23)18(20)21-8-11-22-9-2-1-3-10-22/h4-7H,1-3,8-15H2,(H2,20,21). The lowest BCUT2D eigenvalue weighted by atomic mass is 10.1. The first-order valence-electron chi connectivity index (χ1n) is 9.00. The van der Waals surface area contributed by atoms with Crippen LogP contribution < -0.4 is 10.6 Å². The van der Waals surface area contributed by atoms with Gasteiger partial charge < -0.3 is 20.4 Å². The molecule has 0 radical (unpaired) electrons. The Balaban J connectivity index is 1.43. The van der Waals surface area contributed by atoms with Gasteiger partial charge in [-0.3, -0.25) is 4.99 Å². The summed E-state index contributed by atoms with van der Waals surface area (Å²) in [5, 5.41) is 0.780. The largest absolute Gasteiger partial charge is 0.370 e. The number of hydrogen-bond acceptors (Lipinski definition) is 3. The predicted octanol–water partition coefficient (Wildman–Crippen LogP) is 2.26. The zero-order valence-corrected chi connectivity index (χ0v) is 15.1. The average molecular weight is 350 g/mol. The topological polar surface area (TPSA) is 48.1 Å². The quantitative estimate of drug-likeness (QED) is 0.669. The second kappa shape index (κ2) is 8.58. The first-order chi connectivity index (χ1) is 11.7. The van der Waals surface area contributed by atoms with Crippen LogP contribution in [0.3, 0.4) is 0 Å². The third-order valence-corrected chi connectivity index (χ3v) is 5.19. The molecule has 0 aliphatic carbocycles. The first-order valence-corrected chi connectivity index (χ1v) is 9.38. The maximum Gasteiger partial charge on any atom is 0.191 e. The predicted molar refractivity (Wildman–Crippen MR) is 102 cm³/mol. The van der Waals surface area contributed by atoms with Crippen LogP contribution in [-0.4, -0.2) is 68.1 Å². The molecule has 0 bridgehead atoms. The number of hydrogen-bond donors (Lipinski definition) is 1. The van der Waals surface area contributed by atoms with Gasteiger partial charge in [-0.15, -0.1) is 0 Å². The Labute approximate surface area is 150 Å². The number of rotatable bonds is 4. The molecule has 2 aliphatic heterocycles. The molecule has 24 heavy (non-hydrogen) atoms. The first kappa shape index (κ1) is 17.4. The van der Waals surface area contributed by atoms with Crippen molar-refractivity contribution in [1.82, 2.24) is 9.80 Å². The number of nitrogens with two attached hydrogens (primary N) is 1. The van der Waals surface area contributed by atoms with Crippen molar-refractivity contribution in [2.24, 2.45) is 10.7 Å². The third-order valence-electron chi connectivity index (χ3n) is 4.93. The minimum Gasteiger partial charge on any atom is -0.370 e. The monoisotopic (exact) mass is 349 g/mol. The van der Waals surface area contributed by atoms with Crippen molar-refractivity contribution in [2.75, 3.05) is 57.3 Å². The summed E-state index contributed by atoms with van der Waals surface area (Å²) in [7, 11) is 0. The van der Waals surface area contributed by atoms with Gasteiger partial charge in [-0.1, -0.05) is 18.0 Å². The van der Waals surface area contributed by atoms with Gasteiger partial charge in [-0.2, -0.15) is 0 Å². The van der Waals surface area contributed by atoms with Crippen molar-refractivity contribution >= 4 is 23.2 Å². The van der Waals surface area contributed by atoms with E-state index in [0.717, 1.165) is 44.3 Å². The summed E-state index contributed by atoms with van der Waals surface area (Å²) < 4.78 is 0. The second-order valence-electron chi connectivity index (χ2n) is 6.59. The summed E-state index contributed by atoms with van der Waals surface area (Å²) in [5.41, 5.74) is 7.41. The molecule has 2 heterocycles. The Hall–Kier alpha value is -1.46. The molecule has 0 amide bonds. The van der Waals surface area contributed by atoms with Crippen LogP contribution in [0.1, 0.15) is 19.3 Å². The number of benzene rings is 1. The van der Waals surface area contributed by atoms with Gasteiger partial charge in [-0.25, -0.2) is 0 Å². The second-order valence-corrected chi connectivity index (χ2v) is 7.03. The van der Waals surface area contributed by atoms with Gasteiger partial charge >= 0.3 is 0 Å². The molecule has 3 rings (SSSR count). The van der Waals surface area contributed by atoms with E-state index in [0.29, 0.717) is 5.96 Å². The van der Waals surface area contributed by atoms with Gasteiger partial charge in [0.1, 0.15) is 0 Å². The molecule has 0 aromatic heterocycles. The van der Waals surface area contributed by atoms with Crippen molar-refractivity contribution in [2.45, 2.75) is 19.3 Å². The molecule has 5 nitrogen and oxygen atoms in total. The van der Waals surface area contributed by atoms with Crippen LogP contribution in [-0.2, 0) is 0 Å². The number of likely N-dealkylation sites (tertiary alicyclic amines) is 1. The Morgan fingerprint density at radius 3 is 2.29 bits per heavy atom. The molecule has 6 heteroatoms. The number of nitrogens with zero attached hydrogens (tertiary/aromatic N) is 4. The van der Waals surface area contributed by atoms with Crippen LogP contribution in [0.25, 0.3) is 0 Å². The normalized spacial score (nSPS) is 20.5. The molecule has 2 fully saturated rings. The van der Waals surface area contributed by atoms with E-state index < -0.39 is 0 Å². The highest BCUT2D eigenvalue weighted by Gasteiger charge is 2.18. The molecule has 1 aromatic carbocycles. The molecule has 0 saturated carbocycles. The Morgan fingerprint density at radius 2 is 1.62 bits per heavy atom. The summed E-state index contributed by atoms with van der Waals surface area (Å²) in [4.78, 5) is 11.7. The van der Waals surface area contributed by atoms with Crippen LogP contribution in [0.2, 0.25) is 5.02 Å². The zero-order chi connectivity index (χ0) is 16.8. The lowest BCUT2D eigenvalue weighted by Gasteiger charge is -2.36. The lowest BCUT2D eigenvalue weighted by molar-refractivity contribution is 0.235. The van der Waals surface area contributed by atoms with Crippen molar-refractivity contribution < 1.29 is 0 Å². The molecule has 2 aliphatic rings. The average Bonchev–Trinajstić information content (AvgIpc) is 2.63. The summed E-state index contributed by atoms with van der Waals surface area (Å²) in [6, 6.07) is 8.04. The molecule has 0 spiro atoms. The highest BCUT2D eigenvalue weighted by atomic mass is 35.5. The van der Waals surface area contributed by atoms with Gasteiger partial charge in [0.2, 0.25) is 0 Å². The minimum absolute atomic E-state index is 0.697. The molecular weight excluding hydrogens is 322 g/mol. The molecular formula is C18H28ClN5. The van der Waals surface area contributed by atoms with Crippen LogP contribution >= 0.6 is 11.6 Å². The summed E-state index contributed by atoms with van der Waals surface area (Å²) >= 11 is 5.96. The van der Waals surface area contributed by atoms with Crippen molar-refractivity contribution in [3.05, 3.63) is 29.3 Å². The fourth-order valence-electron chi connectivity index (χ4n) is 3.43. The number of anilines is 1. The molecule has 0 unspecified atom stereocenters.